The first kappa shape index (κ1) is 15.9. The van der Waals surface area contributed by atoms with Gasteiger partial charge in [-0.15, -0.1) is 10.2 Å². The Morgan fingerprint density at radius 2 is 1.96 bits per heavy atom. The Bertz CT molecular complexity index is 1160. The van der Waals surface area contributed by atoms with Crippen LogP contribution in [0.4, 0.5) is 5.69 Å². The first-order chi connectivity index (χ1) is 12.5. The molecule has 0 bridgehead atoms. The number of nitrogens with zero attached hydrogens (tertiary/aromatic N) is 6. The van der Waals surface area contributed by atoms with Gasteiger partial charge in [0.1, 0.15) is 24.2 Å². The van der Waals surface area contributed by atoms with E-state index in [9.17, 15) is 4.79 Å². The topological polar surface area (TPSA) is 105 Å². The number of benzene rings is 1. The molecule has 0 amide bonds. The smallest absolute Gasteiger partial charge is 0.267 e. The van der Waals surface area contributed by atoms with E-state index < -0.39 is 0 Å². The van der Waals surface area contributed by atoms with Gasteiger partial charge in [-0.2, -0.15) is 0 Å². The fourth-order valence-electron chi connectivity index (χ4n) is 2.79. The molecule has 26 heavy (non-hydrogen) atoms. The molecule has 3 heterocycles. The van der Waals surface area contributed by atoms with Crippen LogP contribution in [0.2, 0.25) is 0 Å². The molecule has 0 spiro atoms. The Labute approximate surface area is 149 Å². The number of aromatic nitrogens is 6. The first-order valence-corrected chi connectivity index (χ1v) is 8.19. The average Bonchev–Trinajstić information content (AvgIpc) is 3.13. The fourth-order valence-corrected chi connectivity index (χ4v) is 2.79. The SMILES string of the molecule is CC(C)n1cnnc1-c1cccc(-n2cnc3ccc(N)cc3c2=O)n1. The Morgan fingerprint density at radius 1 is 1.12 bits per heavy atom. The highest BCUT2D eigenvalue weighted by Crippen LogP contribution is 2.19. The molecule has 4 rings (SSSR count). The average molecular weight is 347 g/mol. The van der Waals surface area contributed by atoms with E-state index in [0.29, 0.717) is 33.9 Å². The Morgan fingerprint density at radius 3 is 2.77 bits per heavy atom. The van der Waals surface area contributed by atoms with E-state index in [2.05, 4.69) is 20.2 Å². The van der Waals surface area contributed by atoms with Gasteiger partial charge in [0.25, 0.3) is 5.56 Å². The van der Waals surface area contributed by atoms with Crippen molar-refractivity contribution in [3.05, 3.63) is 59.4 Å². The summed E-state index contributed by atoms with van der Waals surface area (Å²) in [5.41, 5.74) is 7.32. The van der Waals surface area contributed by atoms with Gasteiger partial charge in [0.15, 0.2) is 5.82 Å². The van der Waals surface area contributed by atoms with Crippen LogP contribution in [0.1, 0.15) is 19.9 Å². The van der Waals surface area contributed by atoms with Gasteiger partial charge >= 0.3 is 0 Å². The molecule has 8 nitrogen and oxygen atoms in total. The number of nitrogen functional groups attached to an aromatic ring is 1. The second-order valence-electron chi connectivity index (χ2n) is 6.23. The monoisotopic (exact) mass is 347 g/mol. The molecule has 2 N–H and O–H groups in total. The summed E-state index contributed by atoms with van der Waals surface area (Å²) in [7, 11) is 0. The van der Waals surface area contributed by atoms with Crippen molar-refractivity contribution in [3.63, 3.8) is 0 Å². The predicted octanol–water partition coefficient (Wildman–Crippen LogP) is 2.20. The number of fused-ring (bicyclic) bond motifs is 1. The van der Waals surface area contributed by atoms with Gasteiger partial charge in [0.05, 0.1) is 10.9 Å². The molecule has 0 aliphatic carbocycles. The lowest BCUT2D eigenvalue weighted by Gasteiger charge is -2.11. The lowest BCUT2D eigenvalue weighted by atomic mass is 10.2. The van der Waals surface area contributed by atoms with Gasteiger partial charge in [-0.25, -0.2) is 9.97 Å². The molecule has 0 aliphatic heterocycles. The van der Waals surface area contributed by atoms with Gasteiger partial charge in [-0.05, 0) is 44.2 Å². The largest absolute Gasteiger partial charge is 0.399 e. The van der Waals surface area contributed by atoms with Crippen LogP contribution in [0.5, 0.6) is 0 Å². The molecule has 4 aromatic rings. The van der Waals surface area contributed by atoms with Crippen molar-refractivity contribution in [2.75, 3.05) is 5.73 Å². The summed E-state index contributed by atoms with van der Waals surface area (Å²) in [6.45, 7) is 4.08. The van der Waals surface area contributed by atoms with Crippen molar-refractivity contribution < 1.29 is 0 Å². The standard InChI is InChI=1S/C18H17N7O/c1-11(2)24-10-21-23-17(24)15-4-3-5-16(22-15)25-9-20-14-7-6-12(19)8-13(14)18(25)26/h3-11H,19H2,1-2H3. The molecule has 0 saturated heterocycles. The van der Waals surface area contributed by atoms with Crippen molar-refractivity contribution in [3.8, 4) is 17.3 Å². The van der Waals surface area contributed by atoms with Gasteiger partial charge < -0.3 is 10.3 Å². The predicted molar refractivity (Wildman–Crippen MR) is 98.9 cm³/mol. The van der Waals surface area contributed by atoms with E-state index in [0.717, 1.165) is 0 Å². The van der Waals surface area contributed by atoms with E-state index >= 15 is 0 Å². The number of hydrogen-bond acceptors (Lipinski definition) is 6. The molecule has 0 radical (unpaired) electrons. The number of pyridine rings is 1. The maximum absolute atomic E-state index is 12.8. The fraction of sp³-hybridized carbons (Fsp3) is 0.167. The van der Waals surface area contributed by atoms with E-state index in [1.807, 2.05) is 30.5 Å². The van der Waals surface area contributed by atoms with Crippen LogP contribution in [0.25, 0.3) is 28.2 Å². The highest BCUT2D eigenvalue weighted by atomic mass is 16.1. The van der Waals surface area contributed by atoms with E-state index in [1.54, 1.807) is 30.6 Å². The zero-order chi connectivity index (χ0) is 18.3. The summed E-state index contributed by atoms with van der Waals surface area (Å²) in [4.78, 5) is 21.8. The van der Waals surface area contributed by atoms with Crippen molar-refractivity contribution >= 4 is 16.6 Å². The molecule has 3 aromatic heterocycles. The minimum atomic E-state index is -0.225. The number of rotatable bonds is 3. The Kier molecular flexibility index (Phi) is 3.72. The Hall–Kier alpha value is -3.55. The maximum atomic E-state index is 12.8. The molecule has 0 fully saturated rings. The van der Waals surface area contributed by atoms with Crippen LogP contribution in [-0.4, -0.2) is 29.3 Å². The van der Waals surface area contributed by atoms with Gasteiger partial charge in [0, 0.05) is 11.7 Å². The van der Waals surface area contributed by atoms with E-state index in [1.165, 1.54) is 10.9 Å². The van der Waals surface area contributed by atoms with Crippen LogP contribution in [0, 0.1) is 0 Å². The van der Waals surface area contributed by atoms with E-state index in [-0.39, 0.29) is 11.6 Å². The third kappa shape index (κ3) is 2.61. The van der Waals surface area contributed by atoms with Crippen LogP contribution >= 0.6 is 0 Å². The lowest BCUT2D eigenvalue weighted by Crippen LogP contribution is -2.20. The zero-order valence-electron chi connectivity index (χ0n) is 14.4. The van der Waals surface area contributed by atoms with Gasteiger partial charge in [-0.1, -0.05) is 6.07 Å². The highest BCUT2D eigenvalue weighted by molar-refractivity contribution is 5.81. The normalized spacial score (nSPS) is 11.3. The molecule has 130 valence electrons. The third-order valence-corrected chi connectivity index (χ3v) is 4.12. The quantitative estimate of drug-likeness (QED) is 0.570. The number of nitrogens with two attached hydrogens (primary N) is 1. The Balaban J connectivity index is 1.87. The van der Waals surface area contributed by atoms with Crippen molar-refractivity contribution in [2.24, 2.45) is 0 Å². The summed E-state index contributed by atoms with van der Waals surface area (Å²) in [5.74, 6) is 1.11. The number of anilines is 1. The van der Waals surface area contributed by atoms with Crippen molar-refractivity contribution in [2.45, 2.75) is 19.9 Å². The van der Waals surface area contributed by atoms with Crippen molar-refractivity contribution in [1.29, 1.82) is 0 Å². The molecule has 8 heteroatoms. The van der Waals surface area contributed by atoms with Crippen LogP contribution < -0.4 is 11.3 Å². The third-order valence-electron chi connectivity index (χ3n) is 4.12. The van der Waals surface area contributed by atoms with Gasteiger partial charge in [0.2, 0.25) is 0 Å². The summed E-state index contributed by atoms with van der Waals surface area (Å²) in [6.07, 6.45) is 3.14. The minimum Gasteiger partial charge on any atom is -0.399 e. The summed E-state index contributed by atoms with van der Waals surface area (Å²) in [6, 6.07) is 10.7. The maximum Gasteiger partial charge on any atom is 0.267 e. The second-order valence-corrected chi connectivity index (χ2v) is 6.23. The van der Waals surface area contributed by atoms with Crippen molar-refractivity contribution in [1.82, 2.24) is 29.3 Å². The zero-order valence-corrected chi connectivity index (χ0v) is 14.4. The van der Waals surface area contributed by atoms with Crippen LogP contribution in [0.15, 0.2) is 53.8 Å². The molecular formula is C18H17N7O. The molecular weight excluding hydrogens is 330 g/mol. The minimum absolute atomic E-state index is 0.193. The van der Waals surface area contributed by atoms with Crippen LogP contribution in [0.3, 0.4) is 0 Å². The van der Waals surface area contributed by atoms with E-state index in [4.69, 9.17) is 5.73 Å². The molecule has 1 aromatic carbocycles. The summed E-state index contributed by atoms with van der Waals surface area (Å²) in [5, 5.41) is 8.58. The molecule has 0 unspecified atom stereocenters. The van der Waals surface area contributed by atoms with Gasteiger partial charge in [-0.3, -0.25) is 9.36 Å². The second kappa shape index (κ2) is 6.07. The molecule has 0 atom stereocenters. The number of hydrogen-bond donors (Lipinski definition) is 1. The van der Waals surface area contributed by atoms with Crippen LogP contribution in [-0.2, 0) is 0 Å². The summed E-state index contributed by atoms with van der Waals surface area (Å²) >= 11 is 0. The summed E-state index contributed by atoms with van der Waals surface area (Å²) < 4.78 is 3.33. The highest BCUT2D eigenvalue weighted by Gasteiger charge is 2.13. The molecule has 0 saturated carbocycles. The molecule has 0 aliphatic rings. The lowest BCUT2D eigenvalue weighted by molar-refractivity contribution is 0.603. The first-order valence-electron chi connectivity index (χ1n) is 8.19.